The lowest BCUT2D eigenvalue weighted by molar-refractivity contribution is -0.129. The molecular formula is C13H26N2O2. The van der Waals surface area contributed by atoms with Gasteiger partial charge in [0.2, 0.25) is 11.8 Å². The summed E-state index contributed by atoms with van der Waals surface area (Å²) in [6.07, 6.45) is 3.29. The number of nitrogens with zero attached hydrogens (tertiary/aromatic N) is 1. The topological polar surface area (TPSA) is 49.4 Å². The zero-order chi connectivity index (χ0) is 13.4. The van der Waals surface area contributed by atoms with E-state index in [-0.39, 0.29) is 23.9 Å². The molecule has 0 fully saturated rings. The third-order valence-corrected chi connectivity index (χ3v) is 3.27. The van der Waals surface area contributed by atoms with Crippen LogP contribution in [0.15, 0.2) is 0 Å². The van der Waals surface area contributed by atoms with Gasteiger partial charge in [0.1, 0.15) is 0 Å². The summed E-state index contributed by atoms with van der Waals surface area (Å²) in [6.45, 7) is 7.54. The van der Waals surface area contributed by atoms with E-state index in [1.165, 1.54) is 0 Å². The Balaban J connectivity index is 4.05. The monoisotopic (exact) mass is 242 g/mol. The molecule has 4 heteroatoms. The maximum Gasteiger partial charge on any atom is 0.219 e. The molecule has 2 atom stereocenters. The molecule has 0 saturated heterocycles. The van der Waals surface area contributed by atoms with E-state index in [2.05, 4.69) is 12.2 Å². The summed E-state index contributed by atoms with van der Waals surface area (Å²) < 4.78 is 0. The quantitative estimate of drug-likeness (QED) is 0.741. The summed E-state index contributed by atoms with van der Waals surface area (Å²) in [5.74, 6) is 0.188. The van der Waals surface area contributed by atoms with E-state index in [0.717, 1.165) is 19.3 Å². The largest absolute Gasteiger partial charge is 0.353 e. The molecule has 0 radical (unpaired) electrons. The zero-order valence-corrected chi connectivity index (χ0v) is 11.7. The van der Waals surface area contributed by atoms with Crippen molar-refractivity contribution in [3.63, 3.8) is 0 Å². The molecule has 0 aromatic carbocycles. The van der Waals surface area contributed by atoms with E-state index in [0.29, 0.717) is 6.42 Å². The first-order valence-corrected chi connectivity index (χ1v) is 6.45. The minimum Gasteiger partial charge on any atom is -0.353 e. The van der Waals surface area contributed by atoms with Crippen molar-refractivity contribution in [3.05, 3.63) is 0 Å². The van der Waals surface area contributed by atoms with Crippen molar-refractivity contribution in [1.82, 2.24) is 10.2 Å². The Morgan fingerprint density at radius 1 is 1.24 bits per heavy atom. The Labute approximate surface area is 105 Å². The molecule has 0 aliphatic carbocycles. The molecule has 0 aliphatic heterocycles. The van der Waals surface area contributed by atoms with Crippen LogP contribution in [0.3, 0.4) is 0 Å². The van der Waals surface area contributed by atoms with Crippen molar-refractivity contribution in [2.24, 2.45) is 0 Å². The molecule has 2 amide bonds. The van der Waals surface area contributed by atoms with Crippen LogP contribution in [0.4, 0.5) is 0 Å². The molecule has 0 bridgehead atoms. The number of hydrogen-bond donors (Lipinski definition) is 1. The van der Waals surface area contributed by atoms with Crippen molar-refractivity contribution in [2.75, 3.05) is 7.05 Å². The van der Waals surface area contributed by atoms with Gasteiger partial charge in [-0.2, -0.15) is 0 Å². The van der Waals surface area contributed by atoms with Crippen LogP contribution in [0, 0.1) is 0 Å². The lowest BCUT2D eigenvalue weighted by Gasteiger charge is -2.25. The SMILES string of the molecule is CCC(=O)NC(CC)CCC(C)N(C)C(C)=O. The van der Waals surface area contributed by atoms with Gasteiger partial charge >= 0.3 is 0 Å². The minimum absolute atomic E-state index is 0.0862. The van der Waals surface area contributed by atoms with Gasteiger partial charge in [0, 0.05) is 32.5 Å². The molecular weight excluding hydrogens is 216 g/mol. The van der Waals surface area contributed by atoms with E-state index in [1.54, 1.807) is 11.8 Å². The van der Waals surface area contributed by atoms with E-state index in [4.69, 9.17) is 0 Å². The Hall–Kier alpha value is -1.06. The molecule has 4 nitrogen and oxygen atoms in total. The molecule has 0 spiro atoms. The van der Waals surface area contributed by atoms with E-state index in [9.17, 15) is 9.59 Å². The minimum atomic E-state index is 0.0862. The van der Waals surface area contributed by atoms with E-state index in [1.807, 2.05) is 20.9 Å². The summed E-state index contributed by atoms with van der Waals surface area (Å²) in [5.41, 5.74) is 0. The van der Waals surface area contributed by atoms with Crippen molar-refractivity contribution >= 4 is 11.8 Å². The third kappa shape index (κ3) is 6.29. The lowest BCUT2D eigenvalue weighted by atomic mass is 10.0. The van der Waals surface area contributed by atoms with Gasteiger partial charge in [0.15, 0.2) is 0 Å². The average Bonchev–Trinajstić information content (AvgIpc) is 2.32. The molecule has 0 heterocycles. The molecule has 17 heavy (non-hydrogen) atoms. The summed E-state index contributed by atoms with van der Waals surface area (Å²) >= 11 is 0. The Morgan fingerprint density at radius 3 is 2.24 bits per heavy atom. The van der Waals surface area contributed by atoms with Gasteiger partial charge in [-0.15, -0.1) is 0 Å². The van der Waals surface area contributed by atoms with Crippen molar-refractivity contribution < 1.29 is 9.59 Å². The van der Waals surface area contributed by atoms with Crippen LogP contribution in [0.5, 0.6) is 0 Å². The fourth-order valence-electron chi connectivity index (χ4n) is 1.65. The van der Waals surface area contributed by atoms with Crippen LogP contribution in [0.25, 0.3) is 0 Å². The number of amides is 2. The Bertz CT molecular complexity index is 254. The molecule has 1 N–H and O–H groups in total. The maximum absolute atomic E-state index is 11.3. The van der Waals surface area contributed by atoms with Gasteiger partial charge in [0.05, 0.1) is 0 Å². The molecule has 0 saturated carbocycles. The highest BCUT2D eigenvalue weighted by atomic mass is 16.2. The number of carbonyl (C=O) groups is 2. The van der Waals surface area contributed by atoms with Crippen molar-refractivity contribution in [2.45, 2.75) is 65.5 Å². The zero-order valence-electron chi connectivity index (χ0n) is 11.7. The predicted octanol–water partition coefficient (Wildman–Crippen LogP) is 1.94. The predicted molar refractivity (Wildman–Crippen MR) is 69.7 cm³/mol. The molecule has 0 aliphatic rings. The summed E-state index contributed by atoms with van der Waals surface area (Å²) in [6, 6.07) is 0.449. The number of hydrogen-bond acceptors (Lipinski definition) is 2. The van der Waals surface area contributed by atoms with Gasteiger partial charge in [-0.1, -0.05) is 13.8 Å². The molecule has 0 aromatic rings. The van der Waals surface area contributed by atoms with Gasteiger partial charge in [-0.3, -0.25) is 9.59 Å². The van der Waals surface area contributed by atoms with Crippen molar-refractivity contribution in [1.29, 1.82) is 0 Å². The van der Waals surface area contributed by atoms with Gasteiger partial charge in [-0.25, -0.2) is 0 Å². The Morgan fingerprint density at radius 2 is 1.82 bits per heavy atom. The first-order valence-electron chi connectivity index (χ1n) is 6.45. The number of rotatable bonds is 7. The highest BCUT2D eigenvalue weighted by Crippen LogP contribution is 2.09. The van der Waals surface area contributed by atoms with Crippen LogP contribution < -0.4 is 5.32 Å². The Kier molecular flexibility index (Phi) is 7.59. The molecule has 0 aromatic heterocycles. The van der Waals surface area contributed by atoms with Gasteiger partial charge in [-0.05, 0) is 26.2 Å². The fraction of sp³-hybridized carbons (Fsp3) is 0.846. The average molecular weight is 242 g/mol. The molecule has 0 rings (SSSR count). The second kappa shape index (κ2) is 8.09. The van der Waals surface area contributed by atoms with Gasteiger partial charge < -0.3 is 10.2 Å². The second-order valence-electron chi connectivity index (χ2n) is 4.58. The fourth-order valence-corrected chi connectivity index (χ4v) is 1.65. The van der Waals surface area contributed by atoms with Gasteiger partial charge in [0.25, 0.3) is 0 Å². The first kappa shape index (κ1) is 15.9. The normalized spacial score (nSPS) is 13.9. The van der Waals surface area contributed by atoms with Crippen LogP contribution in [-0.4, -0.2) is 35.8 Å². The summed E-state index contributed by atoms with van der Waals surface area (Å²) in [7, 11) is 1.82. The van der Waals surface area contributed by atoms with Crippen LogP contribution in [0.2, 0.25) is 0 Å². The van der Waals surface area contributed by atoms with E-state index < -0.39 is 0 Å². The first-order chi connectivity index (χ1) is 7.92. The maximum atomic E-state index is 11.3. The summed E-state index contributed by atoms with van der Waals surface area (Å²) in [4.78, 5) is 24.2. The van der Waals surface area contributed by atoms with E-state index >= 15 is 0 Å². The lowest BCUT2D eigenvalue weighted by Crippen LogP contribution is -2.37. The molecule has 2 unspecified atom stereocenters. The molecule has 100 valence electrons. The highest BCUT2D eigenvalue weighted by molar-refractivity contribution is 5.75. The van der Waals surface area contributed by atoms with Crippen molar-refractivity contribution in [3.8, 4) is 0 Å². The summed E-state index contributed by atoms with van der Waals surface area (Å²) in [5, 5.41) is 3.00. The van der Waals surface area contributed by atoms with Crippen LogP contribution in [-0.2, 0) is 9.59 Å². The van der Waals surface area contributed by atoms with Crippen LogP contribution >= 0.6 is 0 Å². The van der Waals surface area contributed by atoms with Crippen LogP contribution in [0.1, 0.15) is 53.4 Å². The number of carbonyl (C=O) groups excluding carboxylic acids is 2. The standard InChI is InChI=1S/C13H26N2O2/c1-6-12(14-13(17)7-2)9-8-10(3)15(5)11(4)16/h10,12H,6-9H2,1-5H3,(H,14,17). The highest BCUT2D eigenvalue weighted by Gasteiger charge is 2.15. The second-order valence-corrected chi connectivity index (χ2v) is 4.58. The third-order valence-electron chi connectivity index (χ3n) is 3.27. The smallest absolute Gasteiger partial charge is 0.219 e. The number of nitrogens with one attached hydrogen (secondary N) is 1.